The summed E-state index contributed by atoms with van der Waals surface area (Å²) in [5.41, 5.74) is 3.05. The van der Waals surface area contributed by atoms with Gasteiger partial charge in [0, 0.05) is 0 Å². The molecule has 0 heterocycles. The first kappa shape index (κ1) is 13.9. The number of oxime groups is 1. The van der Waals surface area contributed by atoms with Crippen molar-refractivity contribution in [1.82, 2.24) is 0 Å². The fourth-order valence-corrected chi connectivity index (χ4v) is 1.81. The summed E-state index contributed by atoms with van der Waals surface area (Å²) in [6, 6.07) is 7.14. The quantitative estimate of drug-likeness (QED) is 0.471. The molecule has 4 heteroatoms. The summed E-state index contributed by atoms with van der Waals surface area (Å²) in [5, 5.41) is 3.84. The van der Waals surface area contributed by atoms with Gasteiger partial charge < -0.3 is 4.84 Å². The molecule has 0 radical (unpaired) electrons. The number of benzene rings is 1. The van der Waals surface area contributed by atoms with Gasteiger partial charge in [0.05, 0.1) is 5.56 Å². The van der Waals surface area contributed by atoms with Crippen LogP contribution in [-0.4, -0.2) is 17.5 Å². The van der Waals surface area contributed by atoms with Gasteiger partial charge in [-0.1, -0.05) is 23.4 Å². The lowest BCUT2D eigenvalue weighted by Crippen LogP contribution is -2.12. The van der Waals surface area contributed by atoms with Crippen LogP contribution >= 0.6 is 0 Å². The van der Waals surface area contributed by atoms with E-state index >= 15 is 0 Å². The topological polar surface area (TPSA) is 55.7 Å². The van der Waals surface area contributed by atoms with Gasteiger partial charge in [0.2, 0.25) is 0 Å². The van der Waals surface area contributed by atoms with Gasteiger partial charge in [-0.15, -0.1) is 0 Å². The summed E-state index contributed by atoms with van der Waals surface area (Å²) in [6.07, 6.45) is 3.10. The Hall–Kier alpha value is -2.49. The molecule has 4 nitrogen and oxygen atoms in total. The van der Waals surface area contributed by atoms with E-state index in [0.717, 1.165) is 5.56 Å². The molecule has 0 amide bonds. The second-order valence-corrected chi connectivity index (χ2v) is 4.69. The molecule has 0 unspecified atom stereocenters. The van der Waals surface area contributed by atoms with E-state index in [1.54, 1.807) is 32.1 Å². The van der Waals surface area contributed by atoms with Gasteiger partial charge in [-0.05, 0) is 55.7 Å². The van der Waals surface area contributed by atoms with E-state index in [1.165, 1.54) is 6.08 Å². The second kappa shape index (κ2) is 5.65. The van der Waals surface area contributed by atoms with Crippen molar-refractivity contribution in [3.8, 4) is 0 Å². The monoisotopic (exact) mass is 269 g/mol. The highest BCUT2D eigenvalue weighted by molar-refractivity contribution is 6.21. The Bertz CT molecular complexity index is 666. The van der Waals surface area contributed by atoms with Gasteiger partial charge in [0.1, 0.15) is 5.71 Å². The number of aryl methyl sites for hydroxylation is 1. The van der Waals surface area contributed by atoms with E-state index in [9.17, 15) is 9.59 Å². The number of carbonyl (C=O) groups is 2. The number of allylic oxidation sites excluding steroid dienone is 4. The molecule has 1 aromatic rings. The van der Waals surface area contributed by atoms with Crippen LogP contribution in [0.25, 0.3) is 0 Å². The van der Waals surface area contributed by atoms with Crippen molar-refractivity contribution >= 4 is 17.5 Å². The number of carbonyl (C=O) groups excluding carboxylic acids is 2. The fraction of sp³-hybridized carbons (Fsp3) is 0.188. The summed E-state index contributed by atoms with van der Waals surface area (Å²) in [7, 11) is 0. The van der Waals surface area contributed by atoms with Crippen LogP contribution in [0.3, 0.4) is 0 Å². The highest BCUT2D eigenvalue weighted by Crippen LogP contribution is 2.13. The summed E-state index contributed by atoms with van der Waals surface area (Å²) >= 11 is 0. The number of hydrogen-bond acceptors (Lipinski definition) is 4. The minimum atomic E-state index is -0.508. The number of ketones is 1. The lowest BCUT2D eigenvalue weighted by Gasteiger charge is -2.09. The standard InChI is InChI=1S/C16H15NO3/c1-10-6-4-5-7-13(10)16(19)20-17-14-8-12(3)15(18)9-11(14)2/h4-9H,1-3H3/b17-14+. The Morgan fingerprint density at radius 1 is 1.05 bits per heavy atom. The molecule has 0 saturated heterocycles. The van der Waals surface area contributed by atoms with Crippen LogP contribution in [0.2, 0.25) is 0 Å². The Balaban J connectivity index is 2.18. The lowest BCUT2D eigenvalue weighted by atomic mass is 9.99. The van der Waals surface area contributed by atoms with E-state index in [1.807, 2.05) is 19.1 Å². The molecule has 0 N–H and O–H groups in total. The molecule has 0 atom stereocenters. The second-order valence-electron chi connectivity index (χ2n) is 4.69. The molecule has 20 heavy (non-hydrogen) atoms. The van der Waals surface area contributed by atoms with Crippen molar-refractivity contribution in [2.75, 3.05) is 0 Å². The zero-order chi connectivity index (χ0) is 14.7. The number of hydrogen-bond donors (Lipinski definition) is 0. The van der Waals surface area contributed by atoms with Crippen LogP contribution in [-0.2, 0) is 9.63 Å². The van der Waals surface area contributed by atoms with Gasteiger partial charge in [-0.25, -0.2) is 4.79 Å². The zero-order valence-corrected chi connectivity index (χ0v) is 11.6. The maximum atomic E-state index is 11.9. The SMILES string of the molecule is CC1=C/C(=N\OC(=O)c2ccccc2C)C(C)=CC1=O. The molecule has 1 aromatic carbocycles. The van der Waals surface area contributed by atoms with Crippen molar-refractivity contribution < 1.29 is 14.4 Å². The van der Waals surface area contributed by atoms with E-state index in [-0.39, 0.29) is 5.78 Å². The zero-order valence-electron chi connectivity index (χ0n) is 11.6. The van der Waals surface area contributed by atoms with Crippen LogP contribution in [0.4, 0.5) is 0 Å². The summed E-state index contributed by atoms with van der Waals surface area (Å²) < 4.78 is 0. The first-order chi connectivity index (χ1) is 9.49. The van der Waals surface area contributed by atoms with Crippen LogP contribution in [0, 0.1) is 6.92 Å². The third kappa shape index (κ3) is 2.91. The minimum Gasteiger partial charge on any atom is -0.312 e. The molecule has 2 rings (SSSR count). The van der Waals surface area contributed by atoms with Crippen LogP contribution in [0.15, 0.2) is 52.7 Å². The number of nitrogens with zero attached hydrogens (tertiary/aromatic N) is 1. The Labute approximate surface area is 117 Å². The summed E-state index contributed by atoms with van der Waals surface area (Å²) in [4.78, 5) is 28.3. The number of rotatable bonds is 2. The highest BCUT2D eigenvalue weighted by Gasteiger charge is 2.15. The predicted octanol–water partition coefficient (Wildman–Crippen LogP) is 2.98. The highest BCUT2D eigenvalue weighted by atomic mass is 16.7. The van der Waals surface area contributed by atoms with E-state index in [0.29, 0.717) is 22.4 Å². The van der Waals surface area contributed by atoms with Crippen molar-refractivity contribution in [3.05, 3.63) is 58.7 Å². The van der Waals surface area contributed by atoms with Crippen molar-refractivity contribution in [2.24, 2.45) is 5.16 Å². The maximum absolute atomic E-state index is 11.9. The van der Waals surface area contributed by atoms with Crippen LogP contribution in [0.1, 0.15) is 29.8 Å². The molecule has 0 bridgehead atoms. The lowest BCUT2D eigenvalue weighted by molar-refractivity contribution is -0.111. The first-order valence-corrected chi connectivity index (χ1v) is 6.25. The van der Waals surface area contributed by atoms with Crippen molar-refractivity contribution in [1.29, 1.82) is 0 Å². The van der Waals surface area contributed by atoms with E-state index in [4.69, 9.17) is 4.84 Å². The van der Waals surface area contributed by atoms with Gasteiger partial charge in [-0.3, -0.25) is 4.79 Å². The third-order valence-electron chi connectivity index (χ3n) is 3.09. The first-order valence-electron chi connectivity index (χ1n) is 6.25. The average molecular weight is 269 g/mol. The van der Waals surface area contributed by atoms with Crippen LogP contribution < -0.4 is 0 Å². The molecule has 0 aromatic heterocycles. The van der Waals surface area contributed by atoms with Crippen molar-refractivity contribution in [2.45, 2.75) is 20.8 Å². The fourth-order valence-electron chi connectivity index (χ4n) is 1.81. The predicted molar refractivity (Wildman–Crippen MR) is 76.6 cm³/mol. The minimum absolute atomic E-state index is 0.0494. The van der Waals surface area contributed by atoms with Gasteiger partial charge in [-0.2, -0.15) is 0 Å². The van der Waals surface area contributed by atoms with Crippen molar-refractivity contribution in [3.63, 3.8) is 0 Å². The largest absolute Gasteiger partial charge is 0.366 e. The molecular formula is C16H15NO3. The van der Waals surface area contributed by atoms with Crippen LogP contribution in [0.5, 0.6) is 0 Å². The average Bonchev–Trinajstić information content (AvgIpc) is 2.41. The molecule has 1 aliphatic carbocycles. The van der Waals surface area contributed by atoms with E-state index < -0.39 is 5.97 Å². The molecule has 0 aliphatic heterocycles. The molecular weight excluding hydrogens is 254 g/mol. The Kier molecular flexibility index (Phi) is 3.94. The molecule has 102 valence electrons. The molecule has 1 aliphatic rings. The molecule has 0 spiro atoms. The summed E-state index contributed by atoms with van der Waals surface area (Å²) in [5.74, 6) is -0.557. The Morgan fingerprint density at radius 3 is 2.45 bits per heavy atom. The van der Waals surface area contributed by atoms with Gasteiger partial charge in [0.15, 0.2) is 5.78 Å². The third-order valence-corrected chi connectivity index (χ3v) is 3.09. The normalized spacial score (nSPS) is 16.8. The summed E-state index contributed by atoms with van der Waals surface area (Å²) in [6.45, 7) is 5.28. The van der Waals surface area contributed by atoms with Gasteiger partial charge >= 0.3 is 5.97 Å². The van der Waals surface area contributed by atoms with Gasteiger partial charge in [0.25, 0.3) is 0 Å². The smallest absolute Gasteiger partial charge is 0.312 e. The van der Waals surface area contributed by atoms with E-state index in [2.05, 4.69) is 5.16 Å². The molecule has 0 fully saturated rings. The molecule has 0 saturated carbocycles. The Morgan fingerprint density at radius 2 is 1.75 bits per heavy atom. The maximum Gasteiger partial charge on any atom is 0.366 e.